The zero-order valence-corrected chi connectivity index (χ0v) is 12.0. The molecule has 0 saturated heterocycles. The summed E-state index contributed by atoms with van der Waals surface area (Å²) in [5, 5.41) is 13.0. The number of ether oxygens (including phenoxy) is 1. The lowest BCUT2D eigenvalue weighted by Crippen LogP contribution is -2.43. The van der Waals surface area contributed by atoms with Crippen LogP contribution in [0.1, 0.15) is 5.56 Å². The summed E-state index contributed by atoms with van der Waals surface area (Å²) < 4.78 is 4.88. The smallest absolute Gasteiger partial charge is 0.227 e. The van der Waals surface area contributed by atoms with Gasteiger partial charge >= 0.3 is 0 Å². The molecule has 0 aromatic heterocycles. The van der Waals surface area contributed by atoms with Gasteiger partial charge in [-0.15, -0.1) is 0 Å². The van der Waals surface area contributed by atoms with Gasteiger partial charge in [0.05, 0.1) is 18.6 Å². The number of methoxy groups -OCH3 is 1. The number of carbonyl (C=O) groups is 1. The molecule has 0 radical (unpaired) electrons. The van der Waals surface area contributed by atoms with Crippen molar-refractivity contribution in [2.75, 3.05) is 39.2 Å². The molecule has 0 aliphatic carbocycles. The molecular weight excluding hydrogens is 256 g/mol. The van der Waals surface area contributed by atoms with Crippen LogP contribution in [0.25, 0.3) is 0 Å². The second-order valence-electron chi connectivity index (χ2n) is 5.27. The van der Waals surface area contributed by atoms with E-state index in [1.165, 1.54) is 12.7 Å². The molecule has 2 N–H and O–H groups in total. The largest absolute Gasteiger partial charge is 0.389 e. The van der Waals surface area contributed by atoms with Crippen LogP contribution < -0.4 is 5.32 Å². The average Bonchev–Trinajstić information content (AvgIpc) is 2.46. The van der Waals surface area contributed by atoms with E-state index in [-0.39, 0.29) is 18.4 Å². The third-order valence-corrected chi connectivity index (χ3v) is 3.59. The maximum atomic E-state index is 12.4. The Morgan fingerprint density at radius 2 is 2.30 bits per heavy atom. The van der Waals surface area contributed by atoms with Gasteiger partial charge in [0.25, 0.3) is 0 Å². The molecule has 0 fully saturated rings. The Morgan fingerprint density at radius 1 is 1.55 bits per heavy atom. The number of aliphatic hydroxyl groups excluding tert-OH is 1. The number of benzene rings is 1. The Kier molecular flexibility index (Phi) is 4.98. The number of hydrogen-bond acceptors (Lipinski definition) is 4. The summed E-state index contributed by atoms with van der Waals surface area (Å²) in [6.45, 7) is 1.18. The van der Waals surface area contributed by atoms with Gasteiger partial charge in [0.1, 0.15) is 0 Å². The summed E-state index contributed by atoms with van der Waals surface area (Å²) in [7, 11) is 3.26. The second kappa shape index (κ2) is 6.72. The van der Waals surface area contributed by atoms with Crippen LogP contribution in [0.4, 0.5) is 5.69 Å². The molecule has 20 heavy (non-hydrogen) atoms. The van der Waals surface area contributed by atoms with E-state index in [2.05, 4.69) is 5.32 Å². The van der Waals surface area contributed by atoms with Crippen molar-refractivity contribution >= 4 is 11.6 Å². The van der Waals surface area contributed by atoms with Crippen molar-refractivity contribution in [1.29, 1.82) is 0 Å². The standard InChI is InChI=1S/C15H22N2O3/c1-17(9-13(18)10-20-2)15(19)12-7-11-5-3-4-6-14(11)16-8-12/h3-6,12-13,16,18H,7-10H2,1-2H3. The van der Waals surface area contributed by atoms with E-state index in [0.717, 1.165) is 12.1 Å². The molecule has 110 valence electrons. The lowest BCUT2D eigenvalue weighted by Gasteiger charge is -2.29. The van der Waals surface area contributed by atoms with E-state index in [1.54, 1.807) is 11.9 Å². The first kappa shape index (κ1) is 14.8. The summed E-state index contributed by atoms with van der Waals surface area (Å²) >= 11 is 0. The van der Waals surface area contributed by atoms with Gasteiger partial charge in [-0.05, 0) is 18.1 Å². The third-order valence-electron chi connectivity index (χ3n) is 3.59. The molecule has 1 aromatic carbocycles. The SMILES string of the molecule is COCC(O)CN(C)C(=O)C1CNc2ccccc2C1. The minimum atomic E-state index is -0.641. The number of nitrogens with one attached hydrogen (secondary N) is 1. The second-order valence-corrected chi connectivity index (χ2v) is 5.27. The van der Waals surface area contributed by atoms with Gasteiger partial charge in [-0.3, -0.25) is 4.79 Å². The summed E-state index contributed by atoms with van der Waals surface area (Å²) in [4.78, 5) is 14.0. The van der Waals surface area contributed by atoms with Crippen molar-refractivity contribution in [3.63, 3.8) is 0 Å². The van der Waals surface area contributed by atoms with Crippen LogP contribution in [0.15, 0.2) is 24.3 Å². The topological polar surface area (TPSA) is 61.8 Å². The van der Waals surface area contributed by atoms with Crippen molar-refractivity contribution in [3.05, 3.63) is 29.8 Å². The van der Waals surface area contributed by atoms with Gasteiger partial charge in [0, 0.05) is 32.9 Å². The Hall–Kier alpha value is -1.59. The van der Waals surface area contributed by atoms with Crippen LogP contribution in [0.2, 0.25) is 0 Å². The van der Waals surface area contributed by atoms with Gasteiger partial charge in [0.15, 0.2) is 0 Å². The molecule has 0 spiro atoms. The van der Waals surface area contributed by atoms with Crippen LogP contribution in [-0.4, -0.2) is 55.9 Å². The van der Waals surface area contributed by atoms with Gasteiger partial charge in [0.2, 0.25) is 5.91 Å². The molecule has 2 atom stereocenters. The van der Waals surface area contributed by atoms with E-state index >= 15 is 0 Å². The molecule has 1 heterocycles. The number of anilines is 1. The molecule has 0 bridgehead atoms. The fourth-order valence-corrected chi connectivity index (χ4v) is 2.58. The minimum Gasteiger partial charge on any atom is -0.389 e. The number of aliphatic hydroxyl groups is 1. The molecule has 1 aliphatic heterocycles. The van der Waals surface area contributed by atoms with Crippen LogP contribution in [-0.2, 0) is 16.0 Å². The highest BCUT2D eigenvalue weighted by atomic mass is 16.5. The third kappa shape index (κ3) is 3.49. The molecule has 2 rings (SSSR count). The average molecular weight is 278 g/mol. The molecule has 1 amide bonds. The van der Waals surface area contributed by atoms with Crippen LogP contribution in [0.5, 0.6) is 0 Å². The van der Waals surface area contributed by atoms with E-state index in [1.807, 2.05) is 24.3 Å². The lowest BCUT2D eigenvalue weighted by molar-refractivity contribution is -0.135. The highest BCUT2D eigenvalue weighted by Gasteiger charge is 2.27. The monoisotopic (exact) mass is 278 g/mol. The van der Waals surface area contributed by atoms with E-state index < -0.39 is 6.10 Å². The van der Waals surface area contributed by atoms with Gasteiger partial charge < -0.3 is 20.1 Å². The molecule has 5 heteroatoms. The maximum Gasteiger partial charge on any atom is 0.227 e. The van der Waals surface area contributed by atoms with Crippen LogP contribution >= 0.6 is 0 Å². The number of hydrogen-bond donors (Lipinski definition) is 2. The first-order chi connectivity index (χ1) is 9.61. The normalized spacial score (nSPS) is 18.9. The molecular formula is C15H22N2O3. The summed E-state index contributed by atoms with van der Waals surface area (Å²) in [5.41, 5.74) is 2.28. The molecule has 0 saturated carbocycles. The Labute approximate surface area is 119 Å². The first-order valence-corrected chi connectivity index (χ1v) is 6.85. The fourth-order valence-electron chi connectivity index (χ4n) is 2.58. The van der Waals surface area contributed by atoms with Crippen molar-refractivity contribution in [1.82, 2.24) is 4.90 Å². The molecule has 1 aliphatic rings. The zero-order valence-electron chi connectivity index (χ0n) is 12.0. The molecule has 5 nitrogen and oxygen atoms in total. The van der Waals surface area contributed by atoms with Crippen LogP contribution in [0, 0.1) is 5.92 Å². The van der Waals surface area contributed by atoms with Crippen LogP contribution in [0.3, 0.4) is 0 Å². The number of amides is 1. The number of carbonyl (C=O) groups excluding carboxylic acids is 1. The predicted molar refractivity (Wildman–Crippen MR) is 77.6 cm³/mol. The van der Waals surface area contributed by atoms with Crippen molar-refractivity contribution in [2.45, 2.75) is 12.5 Å². The van der Waals surface area contributed by atoms with Gasteiger partial charge in [-0.1, -0.05) is 18.2 Å². The Balaban J connectivity index is 1.94. The number of fused-ring (bicyclic) bond motifs is 1. The summed E-state index contributed by atoms with van der Waals surface area (Å²) in [6, 6.07) is 8.05. The quantitative estimate of drug-likeness (QED) is 0.834. The van der Waals surface area contributed by atoms with Crippen molar-refractivity contribution < 1.29 is 14.6 Å². The fraction of sp³-hybridized carbons (Fsp3) is 0.533. The number of nitrogens with zero attached hydrogens (tertiary/aromatic N) is 1. The minimum absolute atomic E-state index is 0.0576. The Bertz CT molecular complexity index is 464. The maximum absolute atomic E-state index is 12.4. The first-order valence-electron chi connectivity index (χ1n) is 6.85. The highest BCUT2D eigenvalue weighted by molar-refractivity contribution is 5.80. The van der Waals surface area contributed by atoms with E-state index in [4.69, 9.17) is 4.74 Å². The van der Waals surface area contributed by atoms with E-state index in [0.29, 0.717) is 13.1 Å². The number of para-hydroxylation sites is 1. The summed E-state index contributed by atoms with van der Waals surface area (Å²) in [5.74, 6) is -0.0215. The predicted octanol–water partition coefficient (Wildman–Crippen LogP) is 0.736. The van der Waals surface area contributed by atoms with Gasteiger partial charge in [-0.25, -0.2) is 0 Å². The number of rotatable bonds is 5. The highest BCUT2D eigenvalue weighted by Crippen LogP contribution is 2.25. The zero-order chi connectivity index (χ0) is 14.5. The lowest BCUT2D eigenvalue weighted by atomic mass is 9.93. The number of likely N-dealkylation sites (N-methyl/N-ethyl adjacent to an activating group) is 1. The van der Waals surface area contributed by atoms with E-state index in [9.17, 15) is 9.90 Å². The Morgan fingerprint density at radius 3 is 3.05 bits per heavy atom. The van der Waals surface area contributed by atoms with Gasteiger partial charge in [-0.2, -0.15) is 0 Å². The van der Waals surface area contributed by atoms with Crippen molar-refractivity contribution in [3.8, 4) is 0 Å². The summed E-state index contributed by atoms with van der Waals surface area (Å²) in [6.07, 6.45) is 0.102. The van der Waals surface area contributed by atoms with Crippen molar-refractivity contribution in [2.24, 2.45) is 5.92 Å². The molecule has 2 unspecified atom stereocenters. The molecule has 1 aromatic rings.